The molecular weight excluding hydrogens is 322 g/mol. The Morgan fingerprint density at radius 2 is 1.58 bits per heavy atom. The zero-order chi connectivity index (χ0) is 17.8. The predicted octanol–water partition coefficient (Wildman–Crippen LogP) is 2.79. The number of hydrogen-bond acceptors (Lipinski definition) is 4. The fourth-order valence-electron chi connectivity index (χ4n) is 4.83. The Labute approximate surface area is 156 Å². The first-order valence-electron chi connectivity index (χ1n) is 9.76. The van der Waals surface area contributed by atoms with Crippen LogP contribution in [0.5, 0.6) is 0 Å². The monoisotopic (exact) mass is 351 g/mol. The van der Waals surface area contributed by atoms with Crippen molar-refractivity contribution in [2.24, 2.45) is 11.3 Å². The second-order valence-electron chi connectivity index (χ2n) is 8.03. The zero-order valence-electron chi connectivity index (χ0n) is 15.4. The lowest BCUT2D eigenvalue weighted by molar-refractivity contribution is 0.0482. The molecule has 2 aliphatic heterocycles. The van der Waals surface area contributed by atoms with Crippen LogP contribution in [0.4, 0.5) is 0 Å². The van der Waals surface area contributed by atoms with Crippen LogP contribution < -0.4 is 0 Å². The lowest BCUT2D eigenvalue weighted by Crippen LogP contribution is -2.44. The Hall–Kier alpha value is -1.75. The quantitative estimate of drug-likeness (QED) is 0.899. The topological polar surface area (TPSA) is 39.6 Å². The van der Waals surface area contributed by atoms with Gasteiger partial charge in [0.2, 0.25) is 0 Å². The third kappa shape index (κ3) is 3.83. The largest absolute Gasteiger partial charge is 0.396 e. The molecule has 1 spiro atoms. The maximum absolute atomic E-state index is 10.0. The van der Waals surface area contributed by atoms with E-state index in [0.717, 1.165) is 39.3 Å². The van der Waals surface area contributed by atoms with Crippen LogP contribution >= 0.6 is 0 Å². The first-order chi connectivity index (χ1) is 12.8. The fraction of sp³-hybridized carbons (Fsp3) is 0.500. The number of aliphatic hydroxyl groups is 1. The molecule has 1 N–H and O–H groups in total. The summed E-state index contributed by atoms with van der Waals surface area (Å²) in [7, 11) is 0. The van der Waals surface area contributed by atoms with Crippen molar-refractivity contribution in [2.45, 2.75) is 25.9 Å². The van der Waals surface area contributed by atoms with E-state index in [0.29, 0.717) is 12.5 Å². The summed E-state index contributed by atoms with van der Waals surface area (Å²) < 4.78 is 0. The van der Waals surface area contributed by atoms with Gasteiger partial charge in [0.05, 0.1) is 0 Å². The van der Waals surface area contributed by atoms with Gasteiger partial charge in [0.25, 0.3) is 0 Å². The number of nitrogens with zero attached hydrogens (tertiary/aromatic N) is 3. The summed E-state index contributed by atoms with van der Waals surface area (Å²) in [6.07, 6.45) is 6.13. The van der Waals surface area contributed by atoms with Crippen molar-refractivity contribution in [3.8, 4) is 0 Å². The third-order valence-corrected chi connectivity index (χ3v) is 6.36. The second-order valence-corrected chi connectivity index (χ2v) is 8.03. The van der Waals surface area contributed by atoms with Gasteiger partial charge in [0.1, 0.15) is 0 Å². The van der Waals surface area contributed by atoms with Gasteiger partial charge in [-0.25, -0.2) is 0 Å². The van der Waals surface area contributed by atoms with Gasteiger partial charge in [-0.15, -0.1) is 0 Å². The van der Waals surface area contributed by atoms with E-state index in [4.69, 9.17) is 0 Å². The van der Waals surface area contributed by atoms with Gasteiger partial charge >= 0.3 is 0 Å². The summed E-state index contributed by atoms with van der Waals surface area (Å²) in [5.74, 6) is 0.411. The van der Waals surface area contributed by atoms with E-state index in [2.05, 4.69) is 57.2 Å². The van der Waals surface area contributed by atoms with Crippen molar-refractivity contribution in [2.75, 3.05) is 32.8 Å². The molecule has 1 atom stereocenters. The Balaban J connectivity index is 1.37. The molecule has 26 heavy (non-hydrogen) atoms. The summed E-state index contributed by atoms with van der Waals surface area (Å²) in [6.45, 7) is 6.72. The maximum Gasteiger partial charge on any atom is 0.0477 e. The number of pyridine rings is 1. The third-order valence-electron chi connectivity index (χ3n) is 6.36. The van der Waals surface area contributed by atoms with Gasteiger partial charge in [0.15, 0.2) is 0 Å². The standard InChI is InChI=1S/C22H29N3O/c26-17-21-16-25(15-19-4-2-1-3-5-19)18-22(21)8-12-24(13-9-22)14-20-6-10-23-11-7-20/h1-7,10-11,21,26H,8-9,12-18H2. The summed E-state index contributed by atoms with van der Waals surface area (Å²) in [4.78, 5) is 9.21. The second kappa shape index (κ2) is 7.87. The lowest BCUT2D eigenvalue weighted by Gasteiger charge is -2.42. The Bertz CT molecular complexity index is 683. The van der Waals surface area contributed by atoms with Crippen LogP contribution in [0.1, 0.15) is 24.0 Å². The minimum absolute atomic E-state index is 0.290. The molecule has 4 rings (SSSR count). The van der Waals surface area contributed by atoms with E-state index in [1.807, 2.05) is 12.4 Å². The molecule has 0 bridgehead atoms. The smallest absolute Gasteiger partial charge is 0.0477 e. The first kappa shape index (κ1) is 17.7. The summed E-state index contributed by atoms with van der Waals surface area (Å²) in [6, 6.07) is 14.9. The average molecular weight is 351 g/mol. The van der Waals surface area contributed by atoms with Crippen LogP contribution in [0.15, 0.2) is 54.9 Å². The van der Waals surface area contributed by atoms with E-state index < -0.39 is 0 Å². The molecule has 138 valence electrons. The van der Waals surface area contributed by atoms with E-state index in [1.54, 1.807) is 0 Å². The van der Waals surface area contributed by atoms with Gasteiger partial charge in [-0.1, -0.05) is 30.3 Å². The van der Waals surface area contributed by atoms with Gasteiger partial charge in [-0.2, -0.15) is 0 Å². The van der Waals surface area contributed by atoms with Gasteiger partial charge < -0.3 is 5.11 Å². The first-order valence-corrected chi connectivity index (χ1v) is 9.76. The number of piperidine rings is 1. The van der Waals surface area contributed by atoms with Crippen molar-refractivity contribution in [3.05, 3.63) is 66.0 Å². The minimum atomic E-state index is 0.290. The molecule has 4 nitrogen and oxygen atoms in total. The van der Waals surface area contributed by atoms with Crippen molar-refractivity contribution < 1.29 is 5.11 Å². The van der Waals surface area contributed by atoms with Crippen LogP contribution in [0.3, 0.4) is 0 Å². The van der Waals surface area contributed by atoms with Crippen LogP contribution in [0.25, 0.3) is 0 Å². The van der Waals surface area contributed by atoms with E-state index in [9.17, 15) is 5.11 Å². The molecule has 0 saturated carbocycles. The highest BCUT2D eigenvalue weighted by atomic mass is 16.3. The minimum Gasteiger partial charge on any atom is -0.396 e. The van der Waals surface area contributed by atoms with E-state index in [-0.39, 0.29) is 5.41 Å². The normalized spacial score (nSPS) is 23.5. The van der Waals surface area contributed by atoms with Crippen molar-refractivity contribution in [1.29, 1.82) is 0 Å². The SMILES string of the molecule is OCC1CN(Cc2ccccc2)CC12CCN(Cc1ccncc1)CC2. The highest BCUT2D eigenvalue weighted by molar-refractivity contribution is 5.15. The summed E-state index contributed by atoms with van der Waals surface area (Å²) in [5, 5.41) is 10.0. The molecule has 4 heteroatoms. The number of likely N-dealkylation sites (tertiary alicyclic amines) is 2. The molecule has 1 aromatic heterocycles. The molecule has 2 saturated heterocycles. The van der Waals surface area contributed by atoms with Crippen molar-refractivity contribution >= 4 is 0 Å². The Morgan fingerprint density at radius 1 is 0.923 bits per heavy atom. The lowest BCUT2D eigenvalue weighted by atomic mass is 9.71. The average Bonchev–Trinajstić information content (AvgIpc) is 3.02. The molecule has 2 aromatic rings. The molecule has 0 aliphatic carbocycles. The van der Waals surface area contributed by atoms with Gasteiger partial charge in [-0.3, -0.25) is 14.8 Å². The van der Waals surface area contributed by atoms with Crippen molar-refractivity contribution in [1.82, 2.24) is 14.8 Å². The van der Waals surface area contributed by atoms with Crippen LogP contribution in [-0.2, 0) is 13.1 Å². The number of aromatic nitrogens is 1. The highest BCUT2D eigenvalue weighted by Gasteiger charge is 2.47. The van der Waals surface area contributed by atoms with Crippen LogP contribution in [0.2, 0.25) is 0 Å². The fourth-order valence-corrected chi connectivity index (χ4v) is 4.83. The van der Waals surface area contributed by atoms with Crippen LogP contribution in [-0.4, -0.2) is 52.7 Å². The van der Waals surface area contributed by atoms with E-state index >= 15 is 0 Å². The molecule has 1 aromatic carbocycles. The van der Waals surface area contributed by atoms with E-state index in [1.165, 1.54) is 24.0 Å². The molecule has 2 aliphatic rings. The van der Waals surface area contributed by atoms with Crippen molar-refractivity contribution in [3.63, 3.8) is 0 Å². The molecular formula is C22H29N3O. The highest BCUT2D eigenvalue weighted by Crippen LogP contribution is 2.45. The van der Waals surface area contributed by atoms with Gasteiger partial charge in [-0.05, 0) is 54.6 Å². The molecule has 1 unspecified atom stereocenters. The number of hydrogen-bond donors (Lipinski definition) is 1. The zero-order valence-corrected chi connectivity index (χ0v) is 15.4. The number of rotatable bonds is 5. The van der Waals surface area contributed by atoms with Crippen LogP contribution in [0, 0.1) is 11.3 Å². The number of aliphatic hydroxyl groups excluding tert-OH is 1. The summed E-state index contributed by atoms with van der Waals surface area (Å²) >= 11 is 0. The van der Waals surface area contributed by atoms with Gasteiger partial charge in [0, 0.05) is 51.1 Å². The molecule has 0 radical (unpaired) electrons. The summed E-state index contributed by atoms with van der Waals surface area (Å²) in [5.41, 5.74) is 3.00. The Morgan fingerprint density at radius 3 is 2.27 bits per heavy atom. The maximum atomic E-state index is 10.0. The molecule has 2 fully saturated rings. The Kier molecular flexibility index (Phi) is 5.34. The molecule has 3 heterocycles. The predicted molar refractivity (Wildman–Crippen MR) is 103 cm³/mol. The molecule has 0 amide bonds. The number of benzene rings is 1.